The lowest BCUT2D eigenvalue weighted by molar-refractivity contribution is -0.132. The maximum Gasteiger partial charge on any atom is 0.267 e. The average Bonchev–Trinajstić information content (AvgIpc) is 3.31. The van der Waals surface area contributed by atoms with Gasteiger partial charge in [0, 0.05) is 50.6 Å². The fourth-order valence-corrected chi connectivity index (χ4v) is 6.27. The van der Waals surface area contributed by atoms with Crippen molar-refractivity contribution in [3.05, 3.63) is 74.7 Å². The molecule has 2 atom stereocenters. The molecule has 0 saturated carbocycles. The molecule has 2 aliphatic rings. The summed E-state index contributed by atoms with van der Waals surface area (Å²) in [5.74, 6) is -0.460. The second kappa shape index (κ2) is 11.8. The molecule has 1 saturated heterocycles. The Kier molecular flexibility index (Phi) is 8.35. The number of hydrogen-bond acceptors (Lipinski definition) is 6. The van der Waals surface area contributed by atoms with Crippen molar-refractivity contribution in [2.45, 2.75) is 89.2 Å². The number of amides is 1. The summed E-state index contributed by atoms with van der Waals surface area (Å²) in [6.45, 7) is 7.24. The first-order valence-corrected chi connectivity index (χ1v) is 14.4. The number of carbonyl (C=O) groups excluding carboxylic acids is 1. The summed E-state index contributed by atoms with van der Waals surface area (Å²) >= 11 is 0. The van der Waals surface area contributed by atoms with Crippen LogP contribution in [0.25, 0.3) is 0 Å². The summed E-state index contributed by atoms with van der Waals surface area (Å²) in [4.78, 5) is 27.4. The predicted molar refractivity (Wildman–Crippen MR) is 149 cm³/mol. The van der Waals surface area contributed by atoms with Crippen LogP contribution in [0.4, 0.5) is 8.78 Å². The number of halogens is 2. The zero-order chi connectivity index (χ0) is 29.3. The van der Waals surface area contributed by atoms with Crippen LogP contribution in [0.5, 0.6) is 0 Å². The van der Waals surface area contributed by atoms with Gasteiger partial charge < -0.3 is 14.2 Å². The van der Waals surface area contributed by atoms with Gasteiger partial charge in [-0.25, -0.2) is 13.9 Å². The molecule has 1 aromatic carbocycles. The fraction of sp³-hybridized carbons (Fsp3) is 0.567. The van der Waals surface area contributed by atoms with Gasteiger partial charge in [0.1, 0.15) is 11.4 Å². The van der Waals surface area contributed by atoms with Gasteiger partial charge in [-0.2, -0.15) is 5.10 Å². The highest BCUT2D eigenvalue weighted by Crippen LogP contribution is 2.39. The summed E-state index contributed by atoms with van der Waals surface area (Å²) < 4.78 is 36.7. The van der Waals surface area contributed by atoms with Crippen LogP contribution in [-0.2, 0) is 21.7 Å². The van der Waals surface area contributed by atoms with Crippen LogP contribution in [0.1, 0.15) is 98.6 Å². The molecule has 3 aromatic rings. The molecular weight excluding hydrogens is 530 g/mol. The minimum Gasteiger partial charge on any atom is -0.371 e. The average molecular weight is 569 g/mol. The highest BCUT2D eigenvalue weighted by Gasteiger charge is 2.35. The number of ether oxygens (including phenoxy) is 1. The number of aryl methyl sites for hydroxylation is 1. The molecule has 11 heteroatoms. The number of H-pyrrole nitrogens is 1. The number of nitrogens with zero attached hydrogens (tertiary/aromatic N) is 5. The number of rotatable bonds is 7. The van der Waals surface area contributed by atoms with Crippen molar-refractivity contribution < 1.29 is 18.3 Å². The molecule has 0 unspecified atom stereocenters. The standard InChI is InChI=1S/C30H38F2N6O3/c1-18-16-23(28(40)35-33-18)19-12-14-37(15-13-19)25(39)11-10-20-8-9-21(22-6-5-7-24(31)26(22)32)17-38-27(20)34-36-29(38)30(2,3)41-4/h5-7,16,19-21H,8-15,17H2,1-4H3,(H,35,40)/t20-,21+/m1/s1. The van der Waals surface area contributed by atoms with Gasteiger partial charge in [-0.3, -0.25) is 9.59 Å². The number of likely N-dealkylation sites (tertiary alicyclic amines) is 1. The van der Waals surface area contributed by atoms with Crippen LogP contribution in [-0.4, -0.2) is 56.0 Å². The first-order chi connectivity index (χ1) is 19.6. The number of benzene rings is 1. The zero-order valence-electron chi connectivity index (χ0n) is 24.1. The lowest BCUT2D eigenvalue weighted by atomic mass is 9.88. The van der Waals surface area contributed by atoms with Crippen molar-refractivity contribution in [2.24, 2.45) is 0 Å². The lowest BCUT2D eigenvalue weighted by Gasteiger charge is -2.32. The SMILES string of the molecule is COC(C)(C)c1nnc2n1C[C@@H](c1cccc(F)c1F)CC[C@@H]2CCC(=O)N1CCC(c2cc(C)n[nH]c2=O)CC1. The number of carbonyl (C=O) groups is 1. The van der Waals surface area contributed by atoms with Gasteiger partial charge in [-0.15, -0.1) is 10.2 Å². The second-order valence-corrected chi connectivity index (χ2v) is 11.8. The summed E-state index contributed by atoms with van der Waals surface area (Å²) in [7, 11) is 1.60. The van der Waals surface area contributed by atoms with E-state index in [0.717, 1.165) is 36.0 Å². The smallest absolute Gasteiger partial charge is 0.267 e. The van der Waals surface area contributed by atoms with E-state index in [-0.39, 0.29) is 29.2 Å². The number of aromatic amines is 1. The molecule has 0 spiro atoms. The lowest BCUT2D eigenvalue weighted by Crippen LogP contribution is -2.39. The van der Waals surface area contributed by atoms with E-state index in [1.807, 2.05) is 36.3 Å². The third-order valence-corrected chi connectivity index (χ3v) is 8.84. The third kappa shape index (κ3) is 5.95. The summed E-state index contributed by atoms with van der Waals surface area (Å²) in [5, 5.41) is 15.5. The summed E-state index contributed by atoms with van der Waals surface area (Å²) in [6.07, 6.45) is 3.68. The Balaban J connectivity index is 1.30. The molecule has 0 aliphatic carbocycles. The molecule has 2 aromatic heterocycles. The van der Waals surface area contributed by atoms with Crippen molar-refractivity contribution in [1.82, 2.24) is 29.9 Å². The molecule has 9 nitrogen and oxygen atoms in total. The number of fused-ring (bicyclic) bond motifs is 1. The Morgan fingerprint density at radius 1 is 1.10 bits per heavy atom. The monoisotopic (exact) mass is 568 g/mol. The number of piperidine rings is 1. The fourth-order valence-electron chi connectivity index (χ4n) is 6.27. The molecule has 1 fully saturated rings. The number of nitrogens with one attached hydrogen (secondary N) is 1. The molecule has 4 heterocycles. The van der Waals surface area contributed by atoms with E-state index < -0.39 is 17.2 Å². The normalized spacial score (nSPS) is 20.1. The Morgan fingerprint density at radius 2 is 1.85 bits per heavy atom. The van der Waals surface area contributed by atoms with Crippen LogP contribution < -0.4 is 5.56 Å². The Bertz CT molecular complexity index is 1460. The Hall–Kier alpha value is -3.47. The largest absolute Gasteiger partial charge is 0.371 e. The summed E-state index contributed by atoms with van der Waals surface area (Å²) in [6, 6.07) is 6.15. The molecular formula is C30H38F2N6O3. The number of aromatic nitrogens is 5. The highest BCUT2D eigenvalue weighted by molar-refractivity contribution is 5.76. The zero-order valence-corrected chi connectivity index (χ0v) is 24.1. The van der Waals surface area contributed by atoms with Crippen LogP contribution in [0, 0.1) is 18.6 Å². The van der Waals surface area contributed by atoms with Crippen molar-refractivity contribution in [3.8, 4) is 0 Å². The molecule has 220 valence electrons. The molecule has 1 amide bonds. The van der Waals surface area contributed by atoms with Crippen LogP contribution in [0.15, 0.2) is 29.1 Å². The Morgan fingerprint density at radius 3 is 2.59 bits per heavy atom. The van der Waals surface area contributed by atoms with E-state index in [1.165, 1.54) is 6.07 Å². The first kappa shape index (κ1) is 29.0. The van der Waals surface area contributed by atoms with E-state index >= 15 is 0 Å². The maximum absolute atomic E-state index is 14.8. The van der Waals surface area contributed by atoms with Crippen molar-refractivity contribution >= 4 is 5.91 Å². The maximum atomic E-state index is 14.8. The van der Waals surface area contributed by atoms with Gasteiger partial charge in [-0.05, 0) is 76.5 Å². The minimum atomic E-state index is -0.859. The van der Waals surface area contributed by atoms with Crippen molar-refractivity contribution in [3.63, 3.8) is 0 Å². The third-order valence-electron chi connectivity index (χ3n) is 8.84. The topological polar surface area (TPSA) is 106 Å². The van der Waals surface area contributed by atoms with Gasteiger partial charge in [-0.1, -0.05) is 12.1 Å². The summed E-state index contributed by atoms with van der Waals surface area (Å²) in [5.41, 5.74) is 0.953. The van der Waals surface area contributed by atoms with Gasteiger partial charge in [0.05, 0.1) is 5.69 Å². The van der Waals surface area contributed by atoms with Crippen LogP contribution in [0.2, 0.25) is 0 Å². The van der Waals surface area contributed by atoms with E-state index in [0.29, 0.717) is 56.7 Å². The van der Waals surface area contributed by atoms with E-state index in [9.17, 15) is 18.4 Å². The predicted octanol–water partition coefficient (Wildman–Crippen LogP) is 4.68. The molecule has 41 heavy (non-hydrogen) atoms. The quantitative estimate of drug-likeness (QED) is 0.444. The first-order valence-electron chi connectivity index (χ1n) is 14.4. The van der Waals surface area contributed by atoms with Crippen LogP contribution in [0.3, 0.4) is 0 Å². The van der Waals surface area contributed by atoms with Crippen LogP contribution >= 0.6 is 0 Å². The number of hydrogen-bond donors (Lipinski definition) is 1. The van der Waals surface area contributed by atoms with Gasteiger partial charge >= 0.3 is 0 Å². The van der Waals surface area contributed by atoms with E-state index in [1.54, 1.807) is 13.2 Å². The van der Waals surface area contributed by atoms with Gasteiger partial charge in [0.15, 0.2) is 17.5 Å². The van der Waals surface area contributed by atoms with Crippen molar-refractivity contribution in [1.29, 1.82) is 0 Å². The molecule has 5 rings (SSSR count). The van der Waals surface area contributed by atoms with Gasteiger partial charge in [0.25, 0.3) is 5.56 Å². The van der Waals surface area contributed by atoms with Crippen molar-refractivity contribution in [2.75, 3.05) is 20.2 Å². The molecule has 0 bridgehead atoms. The highest BCUT2D eigenvalue weighted by atomic mass is 19.2. The number of methoxy groups -OCH3 is 1. The molecule has 2 aliphatic heterocycles. The molecule has 0 radical (unpaired) electrons. The van der Waals surface area contributed by atoms with E-state index in [2.05, 4.69) is 20.4 Å². The Labute approximate surface area is 238 Å². The second-order valence-electron chi connectivity index (χ2n) is 11.8. The minimum absolute atomic E-state index is 0.0645. The van der Waals surface area contributed by atoms with E-state index in [4.69, 9.17) is 4.74 Å². The van der Waals surface area contributed by atoms with Gasteiger partial charge in [0.2, 0.25) is 5.91 Å². The molecule has 1 N–H and O–H groups in total.